The Morgan fingerprint density at radius 3 is 2.88 bits per heavy atom. The van der Waals surface area contributed by atoms with E-state index in [1.165, 1.54) is 0 Å². The lowest BCUT2D eigenvalue weighted by molar-refractivity contribution is -0.195. The van der Waals surface area contributed by atoms with Crippen LogP contribution in [0.2, 0.25) is 0 Å². The smallest absolute Gasteiger partial charge is 0.232 e. The van der Waals surface area contributed by atoms with Gasteiger partial charge in [0.15, 0.2) is 0 Å². The van der Waals surface area contributed by atoms with Crippen LogP contribution in [0.4, 0.5) is 0 Å². The fourth-order valence-electron chi connectivity index (χ4n) is 3.83. The molecule has 0 N–H and O–H groups in total. The van der Waals surface area contributed by atoms with Crippen LogP contribution in [0.25, 0.3) is 0 Å². The predicted molar refractivity (Wildman–Crippen MR) is 91.0 cm³/mol. The molecule has 1 aromatic rings. The van der Waals surface area contributed by atoms with Crippen LogP contribution in [0.5, 0.6) is 5.88 Å². The van der Waals surface area contributed by atoms with Gasteiger partial charge in [0, 0.05) is 31.2 Å². The first-order chi connectivity index (χ1) is 11.7. The molecule has 24 heavy (non-hydrogen) atoms. The number of thioether (sulfide) groups is 1. The molecule has 0 saturated carbocycles. The Balaban J connectivity index is 1.31. The number of rotatable bonds is 3. The minimum absolute atomic E-state index is 0.0822. The maximum atomic E-state index is 12.6. The van der Waals surface area contributed by atoms with Crippen molar-refractivity contribution in [1.29, 1.82) is 0 Å². The SMILES string of the molecule is O=C(C1CCSCC1)N1CC2(C[C@@H](Oc3cnccn3)CCO2)C1. The van der Waals surface area contributed by atoms with Gasteiger partial charge >= 0.3 is 0 Å². The van der Waals surface area contributed by atoms with Crippen molar-refractivity contribution in [1.82, 2.24) is 14.9 Å². The van der Waals surface area contributed by atoms with Gasteiger partial charge in [-0.1, -0.05) is 0 Å². The third kappa shape index (κ3) is 3.37. The summed E-state index contributed by atoms with van der Waals surface area (Å²) in [7, 11) is 0. The summed E-state index contributed by atoms with van der Waals surface area (Å²) in [5.74, 6) is 3.33. The number of nitrogens with zero attached hydrogens (tertiary/aromatic N) is 3. The minimum atomic E-state index is -0.218. The molecule has 3 fully saturated rings. The number of carbonyl (C=O) groups is 1. The summed E-state index contributed by atoms with van der Waals surface area (Å²) >= 11 is 1.95. The Labute approximate surface area is 146 Å². The van der Waals surface area contributed by atoms with E-state index in [1.54, 1.807) is 18.6 Å². The van der Waals surface area contributed by atoms with Crippen molar-refractivity contribution in [3.05, 3.63) is 18.6 Å². The van der Waals surface area contributed by atoms with Gasteiger partial charge < -0.3 is 14.4 Å². The largest absolute Gasteiger partial charge is 0.473 e. The van der Waals surface area contributed by atoms with Crippen molar-refractivity contribution in [2.24, 2.45) is 5.92 Å². The zero-order chi connectivity index (χ0) is 16.4. The van der Waals surface area contributed by atoms with Crippen LogP contribution >= 0.6 is 11.8 Å². The van der Waals surface area contributed by atoms with E-state index < -0.39 is 0 Å². The Kier molecular flexibility index (Phi) is 4.63. The average molecular weight is 349 g/mol. The summed E-state index contributed by atoms with van der Waals surface area (Å²) in [4.78, 5) is 22.8. The van der Waals surface area contributed by atoms with Crippen molar-refractivity contribution < 1.29 is 14.3 Å². The van der Waals surface area contributed by atoms with E-state index in [0.29, 0.717) is 31.5 Å². The lowest BCUT2D eigenvalue weighted by Gasteiger charge is -2.53. The molecule has 6 nitrogen and oxygen atoms in total. The number of amides is 1. The Bertz CT molecular complexity index is 574. The highest BCUT2D eigenvalue weighted by Crippen LogP contribution is 2.37. The summed E-state index contributed by atoms with van der Waals surface area (Å²) in [5, 5.41) is 0. The quantitative estimate of drug-likeness (QED) is 0.828. The third-order valence-electron chi connectivity index (χ3n) is 5.11. The van der Waals surface area contributed by atoms with E-state index in [0.717, 1.165) is 37.2 Å². The number of carbonyl (C=O) groups excluding carboxylic acids is 1. The Morgan fingerprint density at radius 2 is 2.12 bits per heavy atom. The molecule has 0 bridgehead atoms. The molecule has 0 radical (unpaired) electrons. The van der Waals surface area contributed by atoms with Gasteiger partial charge in [0.05, 0.1) is 25.9 Å². The van der Waals surface area contributed by atoms with Crippen molar-refractivity contribution in [3.63, 3.8) is 0 Å². The maximum absolute atomic E-state index is 12.6. The molecule has 3 saturated heterocycles. The monoisotopic (exact) mass is 349 g/mol. The summed E-state index contributed by atoms with van der Waals surface area (Å²) in [5.41, 5.74) is -0.218. The standard InChI is InChI=1S/C17H23N3O3S/c21-16(13-2-7-24-8-3-13)20-11-17(12-20)9-14(1-6-22-17)23-15-10-18-4-5-19-15/h4-5,10,13-14H,1-3,6-9,11-12H2/t14-/m0/s1. The molecule has 1 atom stereocenters. The van der Waals surface area contributed by atoms with Crippen LogP contribution in [0.15, 0.2) is 18.6 Å². The van der Waals surface area contributed by atoms with Crippen molar-refractivity contribution >= 4 is 17.7 Å². The highest BCUT2D eigenvalue weighted by molar-refractivity contribution is 7.99. The van der Waals surface area contributed by atoms with Crippen LogP contribution in [0.1, 0.15) is 25.7 Å². The van der Waals surface area contributed by atoms with Crippen molar-refractivity contribution in [3.8, 4) is 5.88 Å². The van der Waals surface area contributed by atoms with Crippen molar-refractivity contribution in [2.75, 3.05) is 31.2 Å². The van der Waals surface area contributed by atoms with Crippen LogP contribution in [-0.4, -0.2) is 63.7 Å². The van der Waals surface area contributed by atoms with Gasteiger partial charge in [0.25, 0.3) is 0 Å². The van der Waals surface area contributed by atoms with E-state index in [2.05, 4.69) is 9.97 Å². The zero-order valence-electron chi connectivity index (χ0n) is 13.7. The molecule has 0 aromatic carbocycles. The minimum Gasteiger partial charge on any atom is -0.473 e. The summed E-state index contributed by atoms with van der Waals surface area (Å²) in [6.07, 6.45) is 8.70. The molecular weight excluding hydrogens is 326 g/mol. The van der Waals surface area contributed by atoms with E-state index in [9.17, 15) is 4.79 Å². The third-order valence-corrected chi connectivity index (χ3v) is 6.16. The molecule has 0 aliphatic carbocycles. The fourth-order valence-corrected chi connectivity index (χ4v) is 4.94. The van der Waals surface area contributed by atoms with Gasteiger partial charge in [-0.3, -0.25) is 9.78 Å². The molecule has 1 aromatic heterocycles. The Morgan fingerprint density at radius 1 is 1.29 bits per heavy atom. The molecule has 0 unspecified atom stereocenters. The average Bonchev–Trinajstić information content (AvgIpc) is 2.61. The normalized spacial score (nSPS) is 26.8. The van der Waals surface area contributed by atoms with E-state index >= 15 is 0 Å². The van der Waals surface area contributed by atoms with E-state index in [1.807, 2.05) is 16.7 Å². The second kappa shape index (κ2) is 6.88. The first kappa shape index (κ1) is 16.1. The van der Waals surface area contributed by atoms with Gasteiger partial charge in [0.1, 0.15) is 11.7 Å². The first-order valence-corrected chi connectivity index (χ1v) is 9.83. The number of hydrogen-bond donors (Lipinski definition) is 0. The molecule has 3 aliphatic rings. The van der Waals surface area contributed by atoms with Gasteiger partial charge in [-0.25, -0.2) is 4.98 Å². The van der Waals surface area contributed by atoms with Crippen LogP contribution < -0.4 is 4.74 Å². The number of ether oxygens (including phenoxy) is 2. The lowest BCUT2D eigenvalue weighted by atomic mass is 9.83. The predicted octanol–water partition coefficient (Wildman–Crippen LogP) is 1.76. The highest BCUT2D eigenvalue weighted by atomic mass is 32.2. The fraction of sp³-hybridized carbons (Fsp3) is 0.706. The van der Waals surface area contributed by atoms with Gasteiger partial charge in [-0.15, -0.1) is 0 Å². The van der Waals surface area contributed by atoms with Gasteiger partial charge in [0.2, 0.25) is 11.8 Å². The second-order valence-electron chi connectivity index (χ2n) is 6.89. The summed E-state index contributed by atoms with van der Waals surface area (Å²) in [6.45, 7) is 2.08. The van der Waals surface area contributed by atoms with Crippen LogP contribution in [0, 0.1) is 5.92 Å². The topological polar surface area (TPSA) is 64.6 Å². The van der Waals surface area contributed by atoms with E-state index in [4.69, 9.17) is 9.47 Å². The number of aromatic nitrogens is 2. The molecule has 1 amide bonds. The number of hydrogen-bond acceptors (Lipinski definition) is 6. The molecule has 4 rings (SSSR count). The van der Waals surface area contributed by atoms with Crippen LogP contribution in [0.3, 0.4) is 0 Å². The first-order valence-electron chi connectivity index (χ1n) is 8.67. The molecule has 1 spiro atoms. The number of likely N-dealkylation sites (tertiary alicyclic amines) is 1. The van der Waals surface area contributed by atoms with Crippen LogP contribution in [-0.2, 0) is 9.53 Å². The molecule has 3 aliphatic heterocycles. The highest BCUT2D eigenvalue weighted by Gasteiger charge is 2.50. The van der Waals surface area contributed by atoms with E-state index in [-0.39, 0.29) is 17.6 Å². The van der Waals surface area contributed by atoms with Gasteiger partial charge in [-0.2, -0.15) is 11.8 Å². The second-order valence-corrected chi connectivity index (χ2v) is 8.11. The summed E-state index contributed by atoms with van der Waals surface area (Å²) in [6, 6.07) is 0. The van der Waals surface area contributed by atoms with Crippen molar-refractivity contribution in [2.45, 2.75) is 37.4 Å². The molecule has 130 valence electrons. The lowest BCUT2D eigenvalue weighted by Crippen LogP contribution is -2.68. The molecular formula is C17H23N3O3S. The molecule has 7 heteroatoms. The Hall–Kier alpha value is -1.34. The summed E-state index contributed by atoms with van der Waals surface area (Å²) < 4.78 is 12.0. The van der Waals surface area contributed by atoms with Gasteiger partial charge in [-0.05, 0) is 24.3 Å². The maximum Gasteiger partial charge on any atom is 0.232 e. The molecule has 4 heterocycles. The zero-order valence-corrected chi connectivity index (χ0v) is 14.5.